The first-order valence-electron chi connectivity index (χ1n) is 6.46. The fraction of sp³-hybridized carbons (Fsp3) is 0.467. The molecule has 4 heteroatoms. The second-order valence-corrected chi connectivity index (χ2v) is 4.64. The Morgan fingerprint density at radius 1 is 1.53 bits per heavy atom. The number of hydrogen-bond acceptors (Lipinski definition) is 4. The highest BCUT2D eigenvalue weighted by Gasteiger charge is 2.36. The minimum absolute atomic E-state index is 0.265. The number of nitrogens with zero attached hydrogens (tertiary/aromatic N) is 1. The lowest BCUT2D eigenvalue weighted by molar-refractivity contribution is -0.149. The summed E-state index contributed by atoms with van der Waals surface area (Å²) in [7, 11) is 0. The molecule has 1 rings (SSSR count). The van der Waals surface area contributed by atoms with Crippen LogP contribution in [0, 0.1) is 11.3 Å². The normalized spacial score (nSPS) is 13.4. The molecule has 4 nitrogen and oxygen atoms in total. The Balaban J connectivity index is 3.14. The molecule has 102 valence electrons. The number of carbonyl (C=O) groups is 1. The third kappa shape index (κ3) is 3.55. The Bertz CT molecular complexity index is 479. The molecule has 19 heavy (non-hydrogen) atoms. The van der Waals surface area contributed by atoms with Crippen molar-refractivity contribution in [3.63, 3.8) is 0 Å². The SMILES string of the molecule is CCOC(=O)C(C)(CCCN)c1cccc(C#N)c1. The predicted molar refractivity (Wildman–Crippen MR) is 73.4 cm³/mol. The van der Waals surface area contributed by atoms with Crippen LogP contribution >= 0.6 is 0 Å². The van der Waals surface area contributed by atoms with Crippen molar-refractivity contribution in [2.45, 2.75) is 32.1 Å². The summed E-state index contributed by atoms with van der Waals surface area (Å²) in [6.45, 7) is 4.49. The summed E-state index contributed by atoms with van der Waals surface area (Å²) in [4.78, 5) is 12.2. The number of benzene rings is 1. The molecule has 1 aromatic carbocycles. The summed E-state index contributed by atoms with van der Waals surface area (Å²) in [5.74, 6) is -0.265. The van der Waals surface area contributed by atoms with E-state index in [1.54, 1.807) is 25.1 Å². The fourth-order valence-electron chi connectivity index (χ4n) is 2.04. The molecule has 1 aromatic rings. The number of ether oxygens (including phenoxy) is 1. The molecule has 0 aliphatic heterocycles. The van der Waals surface area contributed by atoms with Gasteiger partial charge in [0.15, 0.2) is 0 Å². The van der Waals surface area contributed by atoms with Gasteiger partial charge in [0, 0.05) is 0 Å². The minimum Gasteiger partial charge on any atom is -0.465 e. The van der Waals surface area contributed by atoms with Crippen molar-refractivity contribution in [1.29, 1.82) is 5.26 Å². The number of hydrogen-bond donors (Lipinski definition) is 1. The molecule has 0 heterocycles. The maximum Gasteiger partial charge on any atom is 0.316 e. The van der Waals surface area contributed by atoms with Crippen LogP contribution in [-0.4, -0.2) is 19.1 Å². The first-order valence-corrected chi connectivity index (χ1v) is 6.46. The number of nitrogens with two attached hydrogens (primary N) is 1. The molecular weight excluding hydrogens is 240 g/mol. The number of rotatable bonds is 6. The molecule has 0 fully saturated rings. The van der Waals surface area contributed by atoms with E-state index in [0.29, 0.717) is 25.1 Å². The molecule has 0 radical (unpaired) electrons. The van der Waals surface area contributed by atoms with Crippen LogP contribution in [0.1, 0.15) is 37.8 Å². The molecule has 1 atom stereocenters. The van der Waals surface area contributed by atoms with E-state index < -0.39 is 5.41 Å². The lowest BCUT2D eigenvalue weighted by atomic mass is 9.78. The Morgan fingerprint density at radius 3 is 2.84 bits per heavy atom. The Hall–Kier alpha value is -1.86. The van der Waals surface area contributed by atoms with Gasteiger partial charge in [-0.25, -0.2) is 0 Å². The molecular formula is C15H20N2O2. The van der Waals surface area contributed by atoms with Gasteiger partial charge >= 0.3 is 5.97 Å². The van der Waals surface area contributed by atoms with Gasteiger partial charge in [0.05, 0.1) is 23.7 Å². The zero-order valence-electron chi connectivity index (χ0n) is 11.5. The number of esters is 1. The van der Waals surface area contributed by atoms with Gasteiger partial charge < -0.3 is 10.5 Å². The van der Waals surface area contributed by atoms with E-state index >= 15 is 0 Å². The van der Waals surface area contributed by atoms with Crippen molar-refractivity contribution in [3.8, 4) is 6.07 Å². The van der Waals surface area contributed by atoms with E-state index in [1.807, 2.05) is 13.0 Å². The van der Waals surface area contributed by atoms with Gasteiger partial charge in [-0.3, -0.25) is 4.79 Å². The van der Waals surface area contributed by atoms with E-state index in [-0.39, 0.29) is 5.97 Å². The highest BCUT2D eigenvalue weighted by atomic mass is 16.5. The molecule has 1 unspecified atom stereocenters. The molecule has 0 aromatic heterocycles. The van der Waals surface area contributed by atoms with E-state index in [1.165, 1.54) is 0 Å². The third-order valence-electron chi connectivity index (χ3n) is 3.24. The monoisotopic (exact) mass is 260 g/mol. The molecule has 0 spiro atoms. The molecule has 0 saturated heterocycles. The quantitative estimate of drug-likeness (QED) is 0.795. The van der Waals surface area contributed by atoms with Crippen molar-refractivity contribution in [2.24, 2.45) is 5.73 Å². The average Bonchev–Trinajstić information content (AvgIpc) is 2.45. The van der Waals surface area contributed by atoms with E-state index in [9.17, 15) is 4.79 Å². The Morgan fingerprint density at radius 2 is 2.26 bits per heavy atom. The second kappa shape index (κ2) is 6.91. The van der Waals surface area contributed by atoms with Crippen LogP contribution in [0.4, 0.5) is 0 Å². The van der Waals surface area contributed by atoms with Crippen LogP contribution in [-0.2, 0) is 14.9 Å². The minimum atomic E-state index is -0.748. The summed E-state index contributed by atoms with van der Waals surface area (Å²) in [5, 5.41) is 8.96. The molecule has 0 aliphatic rings. The highest BCUT2D eigenvalue weighted by molar-refractivity contribution is 5.82. The first-order chi connectivity index (χ1) is 9.08. The number of nitriles is 1. The standard InChI is InChI=1S/C15H20N2O2/c1-3-19-14(18)15(2,8-5-9-16)13-7-4-6-12(10-13)11-17/h4,6-7,10H,3,5,8-9,16H2,1-2H3. The largest absolute Gasteiger partial charge is 0.465 e. The summed E-state index contributed by atoms with van der Waals surface area (Å²) < 4.78 is 5.17. The molecule has 0 aliphatic carbocycles. The van der Waals surface area contributed by atoms with E-state index in [4.69, 9.17) is 15.7 Å². The van der Waals surface area contributed by atoms with Gasteiger partial charge in [-0.1, -0.05) is 12.1 Å². The van der Waals surface area contributed by atoms with Gasteiger partial charge in [-0.2, -0.15) is 5.26 Å². The predicted octanol–water partition coefficient (Wildman–Crippen LogP) is 2.12. The molecule has 0 saturated carbocycles. The molecule has 0 bridgehead atoms. The van der Waals surface area contributed by atoms with Gasteiger partial charge in [-0.05, 0) is 50.9 Å². The molecule has 0 amide bonds. The summed E-state index contributed by atoms with van der Waals surface area (Å²) in [6.07, 6.45) is 1.34. The topological polar surface area (TPSA) is 76.1 Å². The lowest BCUT2D eigenvalue weighted by Crippen LogP contribution is -2.35. The van der Waals surface area contributed by atoms with Crippen molar-refractivity contribution in [1.82, 2.24) is 0 Å². The smallest absolute Gasteiger partial charge is 0.316 e. The zero-order valence-corrected chi connectivity index (χ0v) is 11.5. The summed E-state index contributed by atoms with van der Waals surface area (Å²) in [5.41, 5.74) is 6.14. The highest BCUT2D eigenvalue weighted by Crippen LogP contribution is 2.31. The van der Waals surface area contributed by atoms with Gasteiger partial charge in [0.25, 0.3) is 0 Å². The third-order valence-corrected chi connectivity index (χ3v) is 3.24. The second-order valence-electron chi connectivity index (χ2n) is 4.64. The van der Waals surface area contributed by atoms with Crippen molar-refractivity contribution < 1.29 is 9.53 Å². The van der Waals surface area contributed by atoms with Crippen molar-refractivity contribution >= 4 is 5.97 Å². The van der Waals surface area contributed by atoms with Crippen LogP contribution in [0.15, 0.2) is 24.3 Å². The lowest BCUT2D eigenvalue weighted by Gasteiger charge is -2.27. The van der Waals surface area contributed by atoms with Crippen molar-refractivity contribution in [2.75, 3.05) is 13.2 Å². The van der Waals surface area contributed by atoms with Crippen LogP contribution in [0.2, 0.25) is 0 Å². The number of carbonyl (C=O) groups excluding carboxylic acids is 1. The van der Waals surface area contributed by atoms with Gasteiger partial charge in [-0.15, -0.1) is 0 Å². The van der Waals surface area contributed by atoms with Crippen LogP contribution in [0.3, 0.4) is 0 Å². The maximum absolute atomic E-state index is 12.2. The Labute approximate surface area is 114 Å². The van der Waals surface area contributed by atoms with E-state index in [2.05, 4.69) is 6.07 Å². The summed E-state index contributed by atoms with van der Waals surface area (Å²) in [6, 6.07) is 9.19. The van der Waals surface area contributed by atoms with Crippen LogP contribution in [0.25, 0.3) is 0 Å². The van der Waals surface area contributed by atoms with Crippen LogP contribution in [0.5, 0.6) is 0 Å². The summed E-state index contributed by atoms with van der Waals surface area (Å²) >= 11 is 0. The van der Waals surface area contributed by atoms with Gasteiger partial charge in [0.2, 0.25) is 0 Å². The average molecular weight is 260 g/mol. The van der Waals surface area contributed by atoms with Gasteiger partial charge in [0.1, 0.15) is 0 Å². The van der Waals surface area contributed by atoms with E-state index in [0.717, 1.165) is 12.0 Å². The maximum atomic E-state index is 12.2. The Kier molecular flexibility index (Phi) is 5.53. The molecule has 2 N–H and O–H groups in total. The zero-order chi connectivity index (χ0) is 14.3. The van der Waals surface area contributed by atoms with Crippen LogP contribution < -0.4 is 5.73 Å². The van der Waals surface area contributed by atoms with Crippen molar-refractivity contribution in [3.05, 3.63) is 35.4 Å². The first kappa shape index (κ1) is 15.2. The fourth-order valence-corrected chi connectivity index (χ4v) is 2.04.